The van der Waals surface area contributed by atoms with Crippen LogP contribution in [-0.2, 0) is 0 Å². The van der Waals surface area contributed by atoms with Gasteiger partial charge in [0.05, 0.1) is 39.6 Å². The quantitative estimate of drug-likeness (QED) is 0.192. The number of hydrogen-bond donors (Lipinski definition) is 6. The first-order valence-electron chi connectivity index (χ1n) is 5.52. The van der Waals surface area contributed by atoms with E-state index in [0.717, 1.165) is 0 Å². The molecular formula is C12H35O7U3-3. The van der Waals surface area contributed by atoms with Crippen molar-refractivity contribution >= 4 is 0 Å². The Morgan fingerprint density at radius 1 is 0.409 bits per heavy atom. The zero-order valence-corrected chi connectivity index (χ0v) is 26.5. The molecule has 0 fully saturated rings. The second kappa shape index (κ2) is 159. The zero-order valence-electron chi connectivity index (χ0n) is 14.0. The van der Waals surface area contributed by atoms with Gasteiger partial charge in [-0.1, -0.05) is 0 Å². The van der Waals surface area contributed by atoms with Crippen LogP contribution in [0.15, 0.2) is 0 Å². The molecule has 10 heteroatoms. The van der Waals surface area contributed by atoms with Gasteiger partial charge in [0.1, 0.15) is 0 Å². The van der Waals surface area contributed by atoms with Crippen molar-refractivity contribution in [1.82, 2.24) is 0 Å². The van der Waals surface area contributed by atoms with Crippen molar-refractivity contribution in [3.63, 3.8) is 0 Å². The van der Waals surface area contributed by atoms with Gasteiger partial charge in [-0.05, 0) is 0 Å². The molecule has 0 aromatic carbocycles. The van der Waals surface area contributed by atoms with E-state index >= 15 is 0 Å². The number of aliphatic hydroxyl groups excluding tert-OH is 6. The van der Waals surface area contributed by atoms with Gasteiger partial charge in [-0.25, -0.2) is 0 Å². The van der Waals surface area contributed by atoms with E-state index in [0.29, 0.717) is 0 Å². The summed E-state index contributed by atoms with van der Waals surface area (Å²) >= 11 is 0. The minimum atomic E-state index is -0.125. The van der Waals surface area contributed by atoms with Crippen LogP contribution in [-0.4, -0.2) is 75.8 Å². The Hall–Kier alpha value is 2.88. The molecule has 0 radical (unpaired) electrons. The Labute approximate surface area is 208 Å². The Kier molecular flexibility index (Phi) is 462. The van der Waals surface area contributed by atoms with Crippen molar-refractivity contribution in [2.24, 2.45) is 0 Å². The third-order valence-corrected chi connectivity index (χ3v) is 0.300. The van der Waals surface area contributed by atoms with Gasteiger partial charge >= 0.3 is 0 Å². The molecule has 0 amide bonds. The average Bonchev–Trinajstić information content (AvgIpc) is 2.53. The second-order valence-electron chi connectivity index (χ2n) is 1.34. The summed E-state index contributed by atoms with van der Waals surface area (Å²) in [5, 5.41) is 45.8. The molecule has 0 spiro atoms. The van der Waals surface area contributed by atoms with E-state index in [4.69, 9.17) is 30.6 Å². The summed E-state index contributed by atoms with van der Waals surface area (Å²) in [5.74, 6) is 0. The summed E-state index contributed by atoms with van der Waals surface area (Å²) < 4.78 is 0. The first-order valence-corrected chi connectivity index (χ1v) is 5.52. The minimum Gasteiger partial charge on any atom is -0.412 e. The first-order chi connectivity index (χ1) is 8.74. The maximum atomic E-state index is 7.62. The predicted octanol–water partition coefficient (Wildman–Crippen LogP) is -1.39. The van der Waals surface area contributed by atoms with Crippen LogP contribution in [0.25, 0.3) is 0 Å². The van der Waals surface area contributed by atoms with Crippen molar-refractivity contribution in [3.8, 4) is 0 Å². The standard InChI is InChI=1S/3C2H6O2.3C2H5.H2O.3U/c3*3-1-2-4;3*1-2;;;;/h3*3-4H,1-2H2;3*1H2,2H3;1H2;;;/q;;;3*-1;;;;. The summed E-state index contributed by atoms with van der Waals surface area (Å²) in [7, 11) is 0. The van der Waals surface area contributed by atoms with E-state index in [2.05, 4.69) is 20.8 Å². The van der Waals surface area contributed by atoms with Gasteiger partial charge in [-0.3, -0.25) is 0 Å². The van der Waals surface area contributed by atoms with Crippen LogP contribution in [0.4, 0.5) is 0 Å². The van der Waals surface area contributed by atoms with Gasteiger partial charge < -0.3 is 56.9 Å². The molecule has 0 aliphatic carbocycles. The first kappa shape index (κ1) is 64.1. The van der Waals surface area contributed by atoms with Crippen LogP contribution in [0.2, 0.25) is 0 Å². The molecular weight excluding hydrogens is 970 g/mol. The molecule has 22 heavy (non-hydrogen) atoms. The molecule has 0 bridgehead atoms. The van der Waals surface area contributed by atoms with E-state index < -0.39 is 0 Å². The van der Waals surface area contributed by atoms with Crippen molar-refractivity contribution in [2.45, 2.75) is 20.8 Å². The monoisotopic (exact) mass is 1010 g/mol. The summed E-state index contributed by atoms with van der Waals surface area (Å²) in [5.41, 5.74) is 0. The van der Waals surface area contributed by atoms with Crippen LogP contribution >= 0.6 is 0 Å². The minimum absolute atomic E-state index is 0. The molecule has 0 atom stereocenters. The fourth-order valence-electron chi connectivity index (χ4n) is 0. The predicted molar refractivity (Wildman–Crippen MR) is 79.2 cm³/mol. The van der Waals surface area contributed by atoms with E-state index in [-0.39, 0.29) is 138 Å². The Morgan fingerprint density at radius 3 is 0.455 bits per heavy atom. The molecule has 0 unspecified atom stereocenters. The molecule has 0 aromatic heterocycles. The summed E-state index contributed by atoms with van der Waals surface area (Å²) in [6.45, 7) is 14.2. The van der Waals surface area contributed by atoms with Gasteiger partial charge in [0.25, 0.3) is 0 Å². The molecule has 0 saturated heterocycles. The fraction of sp³-hybridized carbons (Fsp3) is 0.750. The van der Waals surface area contributed by atoms with Gasteiger partial charge in [-0.2, -0.15) is 20.8 Å². The van der Waals surface area contributed by atoms with Crippen LogP contribution in [0.5, 0.6) is 0 Å². The maximum Gasteiger partial charge on any atom is 0.0662 e. The molecule has 7 nitrogen and oxygen atoms in total. The molecule has 0 aromatic rings. The zero-order chi connectivity index (χ0) is 16.2. The molecule has 0 aliphatic heterocycles. The van der Waals surface area contributed by atoms with E-state index in [1.54, 1.807) is 20.8 Å². The van der Waals surface area contributed by atoms with Crippen molar-refractivity contribution < 1.29 is 129 Å². The third kappa shape index (κ3) is 317. The summed E-state index contributed by atoms with van der Waals surface area (Å²) in [4.78, 5) is 0. The van der Waals surface area contributed by atoms with Crippen molar-refractivity contribution in [3.05, 3.63) is 20.8 Å². The van der Waals surface area contributed by atoms with E-state index in [1.807, 2.05) is 0 Å². The maximum absolute atomic E-state index is 7.62. The molecule has 140 valence electrons. The van der Waals surface area contributed by atoms with Crippen LogP contribution < -0.4 is 0 Å². The van der Waals surface area contributed by atoms with Crippen LogP contribution in [0.1, 0.15) is 20.8 Å². The topological polar surface area (TPSA) is 153 Å². The number of rotatable bonds is 3. The summed E-state index contributed by atoms with van der Waals surface area (Å²) in [6.07, 6.45) is 0. The van der Waals surface area contributed by atoms with Gasteiger partial charge in [0.15, 0.2) is 0 Å². The van der Waals surface area contributed by atoms with E-state index in [1.165, 1.54) is 0 Å². The second-order valence-corrected chi connectivity index (χ2v) is 1.34. The van der Waals surface area contributed by atoms with Crippen LogP contribution in [0, 0.1) is 114 Å². The Balaban J connectivity index is -0.00000000975. The largest absolute Gasteiger partial charge is 0.412 e. The summed E-state index contributed by atoms with van der Waals surface area (Å²) in [6, 6.07) is 0. The SMILES string of the molecule is O.OCCO.OCCO.OCCO.[CH2-]C.[CH2-]C.[CH2-]C.[U].[U].[U]. The smallest absolute Gasteiger partial charge is 0.0662 e. The average molecular weight is 1010 g/mol. The third-order valence-electron chi connectivity index (χ3n) is 0.300. The molecule has 0 aliphatic rings. The molecule has 0 heterocycles. The van der Waals surface area contributed by atoms with Gasteiger partial charge in [0.2, 0.25) is 0 Å². The van der Waals surface area contributed by atoms with Gasteiger partial charge in [0, 0.05) is 93.3 Å². The van der Waals surface area contributed by atoms with Gasteiger partial charge in [-0.15, -0.1) is 0 Å². The number of aliphatic hydroxyl groups is 6. The number of hydrogen-bond acceptors (Lipinski definition) is 6. The molecule has 0 rings (SSSR count). The Bertz CT molecular complexity index is 46.2. The van der Waals surface area contributed by atoms with Crippen molar-refractivity contribution in [1.29, 1.82) is 0 Å². The Morgan fingerprint density at radius 2 is 0.455 bits per heavy atom. The fourth-order valence-corrected chi connectivity index (χ4v) is 0. The normalized spacial score (nSPS) is 4.91. The molecule has 0 saturated carbocycles. The van der Waals surface area contributed by atoms with E-state index in [9.17, 15) is 0 Å². The van der Waals surface area contributed by atoms with Crippen LogP contribution in [0.3, 0.4) is 0 Å². The van der Waals surface area contributed by atoms with Crippen molar-refractivity contribution in [2.75, 3.05) is 39.6 Å². The molecule has 8 N–H and O–H groups in total.